The lowest BCUT2D eigenvalue weighted by Gasteiger charge is -2.43. The van der Waals surface area contributed by atoms with E-state index in [4.69, 9.17) is 5.73 Å². The fraction of sp³-hybridized carbons (Fsp3) is 0.800. The number of nitrogens with one attached hydrogen (secondary N) is 1. The molecule has 1 amide bonds. The minimum absolute atomic E-state index is 0.114. The van der Waals surface area contributed by atoms with Gasteiger partial charge in [0.15, 0.2) is 0 Å². The first-order valence-corrected chi connectivity index (χ1v) is 10.2. The number of aryl methyl sites for hydroxylation is 1. The van der Waals surface area contributed by atoms with Crippen LogP contribution in [0.2, 0.25) is 0 Å². The Hall–Kier alpha value is -1.36. The number of nitrogens with two attached hydrogens (primary N) is 1. The molecule has 3 N–H and O–H groups in total. The summed E-state index contributed by atoms with van der Waals surface area (Å²) >= 11 is 0. The predicted octanol–water partition coefficient (Wildman–Crippen LogP) is 3.56. The second-order valence-electron chi connectivity index (χ2n) is 8.60. The van der Waals surface area contributed by atoms with Crippen molar-refractivity contribution in [3.8, 4) is 0 Å². The number of hydrogen-bond acceptors (Lipinski definition) is 3. The first-order valence-electron chi connectivity index (χ1n) is 10.2. The summed E-state index contributed by atoms with van der Waals surface area (Å²) in [4.78, 5) is 12.9. The van der Waals surface area contributed by atoms with Gasteiger partial charge in [-0.05, 0) is 50.4 Å². The van der Waals surface area contributed by atoms with Gasteiger partial charge in [-0.15, -0.1) is 0 Å². The van der Waals surface area contributed by atoms with Gasteiger partial charge in [0.05, 0.1) is 5.69 Å². The molecule has 0 aromatic carbocycles. The van der Waals surface area contributed by atoms with Crippen LogP contribution in [0.4, 0.5) is 5.82 Å². The van der Waals surface area contributed by atoms with Crippen molar-refractivity contribution >= 4 is 11.7 Å². The zero-order valence-electron chi connectivity index (χ0n) is 15.4. The highest BCUT2D eigenvalue weighted by molar-refractivity contribution is 5.92. The average Bonchev–Trinajstić information content (AvgIpc) is 2.96. The van der Waals surface area contributed by atoms with E-state index >= 15 is 0 Å². The molecule has 0 saturated heterocycles. The van der Waals surface area contributed by atoms with Gasteiger partial charge in [0.2, 0.25) is 5.91 Å². The molecular weight excluding hydrogens is 312 g/mol. The van der Waals surface area contributed by atoms with Crippen molar-refractivity contribution < 1.29 is 4.79 Å². The summed E-state index contributed by atoms with van der Waals surface area (Å²) in [6.45, 7) is 0. The van der Waals surface area contributed by atoms with Crippen molar-refractivity contribution in [2.24, 2.45) is 30.5 Å². The molecule has 3 saturated carbocycles. The van der Waals surface area contributed by atoms with E-state index in [9.17, 15) is 4.79 Å². The average molecular weight is 345 g/mol. The first kappa shape index (κ1) is 17.1. The summed E-state index contributed by atoms with van der Waals surface area (Å²) in [5.41, 5.74) is 7.52. The van der Waals surface area contributed by atoms with Crippen LogP contribution < -0.4 is 11.1 Å². The lowest BCUT2D eigenvalue weighted by Crippen LogP contribution is -2.48. The fourth-order valence-electron chi connectivity index (χ4n) is 5.44. The molecule has 3 aliphatic carbocycles. The molecule has 2 bridgehead atoms. The van der Waals surface area contributed by atoms with Crippen LogP contribution in [-0.2, 0) is 11.8 Å². The zero-order chi connectivity index (χ0) is 17.4. The van der Waals surface area contributed by atoms with Gasteiger partial charge in [0.25, 0.3) is 0 Å². The minimum atomic E-state index is 0.114. The van der Waals surface area contributed by atoms with Crippen molar-refractivity contribution in [3.05, 3.63) is 11.8 Å². The number of aromatic nitrogens is 2. The van der Waals surface area contributed by atoms with E-state index in [0.29, 0.717) is 23.8 Å². The molecule has 5 heteroatoms. The Morgan fingerprint density at radius 1 is 1.12 bits per heavy atom. The van der Waals surface area contributed by atoms with E-state index in [1.807, 2.05) is 11.7 Å². The molecule has 25 heavy (non-hydrogen) atoms. The number of anilines is 1. The maximum Gasteiger partial charge on any atom is 0.228 e. The van der Waals surface area contributed by atoms with Gasteiger partial charge in [-0.25, -0.2) is 0 Å². The molecular formula is C20H32N4O. The second-order valence-corrected chi connectivity index (χ2v) is 8.60. The Morgan fingerprint density at radius 3 is 2.48 bits per heavy atom. The Morgan fingerprint density at radius 2 is 1.80 bits per heavy atom. The van der Waals surface area contributed by atoms with Crippen LogP contribution in [0.3, 0.4) is 0 Å². The van der Waals surface area contributed by atoms with Gasteiger partial charge >= 0.3 is 0 Å². The molecule has 4 rings (SSSR count). The summed E-state index contributed by atoms with van der Waals surface area (Å²) in [6.07, 6.45) is 12.0. The monoisotopic (exact) mass is 344 g/mol. The molecule has 2 atom stereocenters. The third-order valence-electron chi connectivity index (χ3n) is 6.96. The maximum atomic E-state index is 12.9. The Kier molecular flexibility index (Phi) is 4.85. The third-order valence-corrected chi connectivity index (χ3v) is 6.96. The van der Waals surface area contributed by atoms with Crippen molar-refractivity contribution in [2.45, 2.75) is 76.2 Å². The summed E-state index contributed by atoms with van der Waals surface area (Å²) in [6, 6.07) is 2.41. The van der Waals surface area contributed by atoms with Gasteiger partial charge in [0, 0.05) is 31.0 Å². The van der Waals surface area contributed by atoms with E-state index in [1.165, 1.54) is 51.4 Å². The molecule has 1 aromatic heterocycles. The molecule has 0 radical (unpaired) electrons. The number of carbonyl (C=O) groups excluding carboxylic acids is 1. The molecule has 1 aromatic rings. The number of nitrogens with zero attached hydrogens (tertiary/aromatic N) is 2. The normalized spacial score (nSPS) is 33.2. The van der Waals surface area contributed by atoms with Crippen molar-refractivity contribution in [3.63, 3.8) is 0 Å². The van der Waals surface area contributed by atoms with Gasteiger partial charge in [-0.3, -0.25) is 9.48 Å². The quantitative estimate of drug-likeness (QED) is 0.880. The summed E-state index contributed by atoms with van der Waals surface area (Å²) in [5.74, 6) is 2.77. The summed E-state index contributed by atoms with van der Waals surface area (Å²) < 4.78 is 1.84. The van der Waals surface area contributed by atoms with Gasteiger partial charge in [-0.1, -0.05) is 25.7 Å². The standard InChI is InChI=1S/C20H32N4O/c1-24-18(12-17(23-24)13-6-3-2-4-7-13)22-20(25)16-10-14-8-5-9-15(11-16)19(14)21/h12-16,19H,2-11,21H2,1H3,(H,22,25). The molecule has 5 nitrogen and oxygen atoms in total. The first-order chi connectivity index (χ1) is 12.1. The van der Waals surface area contributed by atoms with Crippen LogP contribution in [0, 0.1) is 17.8 Å². The largest absolute Gasteiger partial charge is 0.327 e. The van der Waals surface area contributed by atoms with E-state index in [0.717, 1.165) is 24.4 Å². The van der Waals surface area contributed by atoms with E-state index in [-0.39, 0.29) is 11.8 Å². The molecule has 1 heterocycles. The van der Waals surface area contributed by atoms with Crippen LogP contribution in [0.25, 0.3) is 0 Å². The number of carbonyl (C=O) groups is 1. The fourth-order valence-corrected chi connectivity index (χ4v) is 5.44. The molecule has 0 aliphatic heterocycles. The number of rotatable bonds is 3. The van der Waals surface area contributed by atoms with Crippen LogP contribution in [-0.4, -0.2) is 21.7 Å². The smallest absolute Gasteiger partial charge is 0.228 e. The van der Waals surface area contributed by atoms with Crippen molar-refractivity contribution in [1.82, 2.24) is 9.78 Å². The van der Waals surface area contributed by atoms with Gasteiger partial charge in [0.1, 0.15) is 5.82 Å². The summed E-state index contributed by atoms with van der Waals surface area (Å²) in [7, 11) is 1.94. The van der Waals surface area contributed by atoms with E-state index in [1.54, 1.807) is 0 Å². The molecule has 0 spiro atoms. The molecule has 3 fully saturated rings. The third kappa shape index (κ3) is 3.48. The number of amides is 1. The second kappa shape index (κ2) is 7.10. The van der Waals surface area contributed by atoms with E-state index in [2.05, 4.69) is 16.5 Å². The van der Waals surface area contributed by atoms with Gasteiger partial charge < -0.3 is 11.1 Å². The molecule has 138 valence electrons. The lowest BCUT2D eigenvalue weighted by molar-refractivity contribution is -0.122. The molecule has 3 aliphatic rings. The number of hydrogen-bond donors (Lipinski definition) is 2. The van der Waals surface area contributed by atoms with E-state index < -0.39 is 0 Å². The highest BCUT2D eigenvalue weighted by Crippen LogP contribution is 2.42. The van der Waals surface area contributed by atoms with Crippen molar-refractivity contribution in [1.29, 1.82) is 0 Å². The van der Waals surface area contributed by atoms with Crippen molar-refractivity contribution in [2.75, 3.05) is 5.32 Å². The highest BCUT2D eigenvalue weighted by Gasteiger charge is 2.40. The minimum Gasteiger partial charge on any atom is -0.327 e. The lowest BCUT2D eigenvalue weighted by atomic mass is 9.65. The topological polar surface area (TPSA) is 72.9 Å². The Labute approximate surface area is 150 Å². The Balaban J connectivity index is 1.41. The van der Waals surface area contributed by atoms with Crippen LogP contribution in [0.1, 0.15) is 75.8 Å². The predicted molar refractivity (Wildman–Crippen MR) is 99.2 cm³/mol. The number of fused-ring (bicyclic) bond motifs is 2. The van der Waals surface area contributed by atoms with Crippen LogP contribution in [0.5, 0.6) is 0 Å². The van der Waals surface area contributed by atoms with Gasteiger partial charge in [-0.2, -0.15) is 5.10 Å². The van der Waals surface area contributed by atoms with Crippen LogP contribution in [0.15, 0.2) is 6.07 Å². The van der Waals surface area contributed by atoms with Crippen LogP contribution >= 0.6 is 0 Å². The Bertz CT molecular complexity index is 605. The molecule has 2 unspecified atom stereocenters. The zero-order valence-corrected chi connectivity index (χ0v) is 15.4. The maximum absolute atomic E-state index is 12.9. The SMILES string of the molecule is Cn1nc(C2CCCCC2)cc1NC(=O)C1CC2CCCC(C1)C2N. The highest BCUT2D eigenvalue weighted by atomic mass is 16.2. The summed E-state index contributed by atoms with van der Waals surface area (Å²) in [5, 5.41) is 7.85.